The second kappa shape index (κ2) is 12.7. The molecule has 262 valence electrons. The highest BCUT2D eigenvalue weighted by molar-refractivity contribution is 6.12. The summed E-state index contributed by atoms with van der Waals surface area (Å²) >= 11 is 0. The van der Waals surface area contributed by atoms with Crippen LogP contribution in [0, 0.1) is 125 Å². The number of benzene rings is 5. The molecule has 0 saturated heterocycles. The number of carbonyl (C=O) groups excluding carboxylic acids is 2. The molecular formula is C46H54O4. The van der Waals surface area contributed by atoms with Gasteiger partial charge in [-0.05, 0) is 235 Å². The molecule has 50 heavy (non-hydrogen) atoms. The Balaban J connectivity index is 1.76. The third-order valence-electron chi connectivity index (χ3n) is 12.8. The lowest BCUT2D eigenvalue weighted by Gasteiger charge is -2.25. The highest BCUT2D eigenvalue weighted by atomic mass is 16.5. The van der Waals surface area contributed by atoms with E-state index in [1.54, 1.807) is 0 Å². The molecule has 4 nitrogen and oxygen atoms in total. The van der Waals surface area contributed by atoms with Gasteiger partial charge in [-0.2, -0.15) is 0 Å². The molecule has 0 fully saturated rings. The predicted molar refractivity (Wildman–Crippen MR) is 210 cm³/mol. The molecule has 0 aliphatic carbocycles. The zero-order valence-corrected chi connectivity index (χ0v) is 33.6. The van der Waals surface area contributed by atoms with Crippen LogP contribution in [0.1, 0.15) is 121 Å². The third-order valence-corrected chi connectivity index (χ3v) is 12.8. The highest BCUT2D eigenvalue weighted by Crippen LogP contribution is 2.46. The van der Waals surface area contributed by atoms with E-state index < -0.39 is 0 Å². The van der Waals surface area contributed by atoms with Crippen LogP contribution in [-0.2, 0) is 0 Å². The Kier molecular flexibility index (Phi) is 9.36. The predicted octanol–water partition coefficient (Wildman–Crippen LogP) is 12.0. The van der Waals surface area contributed by atoms with E-state index in [1.807, 2.05) is 27.7 Å². The van der Waals surface area contributed by atoms with Crippen molar-refractivity contribution in [3.05, 3.63) is 111 Å². The van der Waals surface area contributed by atoms with Crippen molar-refractivity contribution in [1.29, 1.82) is 0 Å². The molecule has 0 heterocycles. The molecule has 0 saturated carbocycles. The molecule has 0 aliphatic rings. The molecule has 5 aromatic carbocycles. The lowest BCUT2D eigenvalue weighted by Crippen LogP contribution is -2.17. The Morgan fingerprint density at radius 3 is 0.740 bits per heavy atom. The minimum absolute atomic E-state index is 0.324. The average molecular weight is 671 g/mol. The van der Waals surface area contributed by atoms with E-state index in [9.17, 15) is 9.59 Å². The van der Waals surface area contributed by atoms with Crippen LogP contribution < -0.4 is 9.47 Å². The molecule has 0 amide bonds. The largest absolute Gasteiger partial charge is 0.422 e. The summed E-state index contributed by atoms with van der Waals surface area (Å²) in [6.07, 6.45) is 0. The average Bonchev–Trinajstić information content (AvgIpc) is 3.07. The molecule has 0 bridgehead atoms. The van der Waals surface area contributed by atoms with Gasteiger partial charge in [0.15, 0.2) is 0 Å². The molecule has 0 radical (unpaired) electrons. The zero-order chi connectivity index (χ0) is 37.6. The Labute approximate surface area is 299 Å². The number of hydrogen-bond acceptors (Lipinski definition) is 4. The molecule has 0 atom stereocenters. The summed E-state index contributed by atoms with van der Waals surface area (Å²) in [6.45, 7) is 37.4. The number of rotatable bonds is 4. The Morgan fingerprint density at radius 2 is 0.480 bits per heavy atom. The van der Waals surface area contributed by atoms with Gasteiger partial charge in [-0.25, -0.2) is 9.59 Å². The summed E-state index contributed by atoms with van der Waals surface area (Å²) in [5.74, 6) is 0.576. The number of esters is 2. The Bertz CT molecular complexity index is 2140. The number of hydrogen-bond donors (Lipinski definition) is 0. The molecule has 0 unspecified atom stereocenters. The van der Waals surface area contributed by atoms with Crippen LogP contribution in [0.3, 0.4) is 0 Å². The standard InChI is InChI=1S/C46H54O4/c1-19-21(3)25(7)41(26(8)22(19)4)45(47)49-43-31(13)29(11)37-33(15)38-30(12)32(14)44(36(18)40(38)34(16)39(37)35(43)17)50-46(48)42-27(9)23(5)20(2)24(6)28(42)10/h1-18H3. The summed E-state index contributed by atoms with van der Waals surface area (Å²) in [7, 11) is 0. The minimum atomic E-state index is -0.324. The van der Waals surface area contributed by atoms with Gasteiger partial charge < -0.3 is 9.47 Å². The topological polar surface area (TPSA) is 52.6 Å². The second-order valence-electron chi connectivity index (χ2n) is 14.9. The number of ether oxygens (including phenoxy) is 2. The molecule has 0 spiro atoms. The maximum atomic E-state index is 14.0. The van der Waals surface area contributed by atoms with Crippen LogP contribution in [0.5, 0.6) is 11.5 Å². The normalized spacial score (nSPS) is 11.6. The molecule has 0 aliphatic heterocycles. The molecular weight excluding hydrogens is 617 g/mol. The quantitative estimate of drug-likeness (QED) is 0.108. The summed E-state index contributed by atoms with van der Waals surface area (Å²) < 4.78 is 12.8. The van der Waals surface area contributed by atoms with Gasteiger partial charge in [-0.3, -0.25) is 0 Å². The zero-order valence-electron chi connectivity index (χ0n) is 33.6. The van der Waals surface area contributed by atoms with Crippen molar-refractivity contribution in [2.24, 2.45) is 0 Å². The summed E-state index contributed by atoms with van der Waals surface area (Å²) in [5, 5.41) is 4.52. The fourth-order valence-corrected chi connectivity index (χ4v) is 8.59. The molecule has 0 N–H and O–H groups in total. The van der Waals surface area contributed by atoms with Crippen molar-refractivity contribution in [3.8, 4) is 11.5 Å². The highest BCUT2D eigenvalue weighted by Gasteiger charge is 2.28. The van der Waals surface area contributed by atoms with E-state index in [1.165, 1.54) is 27.5 Å². The van der Waals surface area contributed by atoms with Gasteiger partial charge in [0, 0.05) is 11.1 Å². The lowest BCUT2D eigenvalue weighted by molar-refractivity contribution is 0.0721. The minimum Gasteiger partial charge on any atom is -0.422 e. The summed E-state index contributed by atoms with van der Waals surface area (Å²) in [6, 6.07) is 0. The van der Waals surface area contributed by atoms with Gasteiger partial charge in [0.25, 0.3) is 0 Å². The second-order valence-corrected chi connectivity index (χ2v) is 14.9. The van der Waals surface area contributed by atoms with Gasteiger partial charge >= 0.3 is 11.9 Å². The maximum Gasteiger partial charge on any atom is 0.344 e. The number of fused-ring (bicyclic) bond motifs is 2. The van der Waals surface area contributed by atoms with Crippen LogP contribution in [-0.4, -0.2) is 11.9 Å². The van der Waals surface area contributed by atoms with E-state index >= 15 is 0 Å². The van der Waals surface area contributed by atoms with Crippen molar-refractivity contribution < 1.29 is 19.1 Å². The SMILES string of the molecule is Cc1c(C)c(C)c(C(=O)Oc2c(C)c(C)c3c(C)c4c(C)c(C)c(OC(=O)c5c(C)c(C)c(C)c(C)c5C)c(C)c4c(C)c3c2C)c(C)c1C. The van der Waals surface area contributed by atoms with Crippen molar-refractivity contribution in [2.75, 3.05) is 0 Å². The fraction of sp³-hybridized carbons (Fsp3) is 0.391. The summed E-state index contributed by atoms with van der Waals surface area (Å²) in [5.41, 5.74) is 20.3. The van der Waals surface area contributed by atoms with Crippen LogP contribution in [0.2, 0.25) is 0 Å². The number of aryl methyl sites for hydroxylation is 6. The summed E-state index contributed by atoms with van der Waals surface area (Å²) in [4.78, 5) is 28.1. The maximum absolute atomic E-state index is 14.0. The first kappa shape index (κ1) is 36.8. The van der Waals surface area contributed by atoms with E-state index in [0.29, 0.717) is 22.6 Å². The molecule has 5 aromatic rings. The van der Waals surface area contributed by atoms with E-state index in [4.69, 9.17) is 9.47 Å². The van der Waals surface area contributed by atoms with Crippen molar-refractivity contribution in [3.63, 3.8) is 0 Å². The smallest absolute Gasteiger partial charge is 0.344 e. The van der Waals surface area contributed by atoms with Crippen molar-refractivity contribution in [2.45, 2.75) is 125 Å². The van der Waals surface area contributed by atoms with Gasteiger partial charge in [0.05, 0.1) is 11.1 Å². The van der Waals surface area contributed by atoms with Crippen molar-refractivity contribution in [1.82, 2.24) is 0 Å². The van der Waals surface area contributed by atoms with Crippen LogP contribution >= 0.6 is 0 Å². The first-order valence-corrected chi connectivity index (χ1v) is 17.7. The molecule has 0 aromatic heterocycles. The van der Waals surface area contributed by atoms with Crippen LogP contribution in [0.15, 0.2) is 0 Å². The van der Waals surface area contributed by atoms with Crippen LogP contribution in [0.4, 0.5) is 0 Å². The first-order valence-electron chi connectivity index (χ1n) is 17.7. The van der Waals surface area contributed by atoms with Crippen LogP contribution in [0.25, 0.3) is 21.5 Å². The van der Waals surface area contributed by atoms with E-state index in [0.717, 1.165) is 94.2 Å². The Morgan fingerprint density at radius 1 is 0.260 bits per heavy atom. The number of carbonyl (C=O) groups is 2. The van der Waals surface area contributed by atoms with E-state index in [2.05, 4.69) is 96.9 Å². The lowest BCUT2D eigenvalue weighted by atomic mass is 9.82. The van der Waals surface area contributed by atoms with Gasteiger partial charge in [-0.15, -0.1) is 0 Å². The molecule has 5 rings (SSSR count). The third kappa shape index (κ3) is 5.17. The van der Waals surface area contributed by atoms with E-state index in [-0.39, 0.29) is 11.9 Å². The first-order chi connectivity index (χ1) is 23.2. The molecule has 4 heteroatoms. The van der Waals surface area contributed by atoms with Gasteiger partial charge in [0.1, 0.15) is 11.5 Å². The van der Waals surface area contributed by atoms with Gasteiger partial charge in [-0.1, -0.05) is 0 Å². The Hall–Kier alpha value is -4.44. The monoisotopic (exact) mass is 670 g/mol. The van der Waals surface area contributed by atoms with Crippen molar-refractivity contribution >= 4 is 33.5 Å². The fourth-order valence-electron chi connectivity index (χ4n) is 8.59. The van der Waals surface area contributed by atoms with Gasteiger partial charge in [0.2, 0.25) is 0 Å².